The summed E-state index contributed by atoms with van der Waals surface area (Å²) >= 11 is 6.22. The minimum Gasteiger partial charge on any atom is -0.286 e. The van der Waals surface area contributed by atoms with Gasteiger partial charge in [0.05, 0.1) is 5.69 Å². The van der Waals surface area contributed by atoms with Crippen LogP contribution in [0.4, 0.5) is 0 Å². The Hall–Kier alpha value is -1.16. The topological polar surface area (TPSA) is 43.1 Å². The molecule has 0 saturated carbocycles. The summed E-state index contributed by atoms with van der Waals surface area (Å²) in [7, 11) is 0. The Morgan fingerprint density at radius 2 is 2.33 bits per heavy atom. The number of halogens is 1. The van der Waals surface area contributed by atoms with Gasteiger partial charge in [0.25, 0.3) is 0 Å². The largest absolute Gasteiger partial charge is 0.286 e. The number of nitrogens with zero attached hydrogens (tertiary/aromatic N) is 4. The third kappa shape index (κ3) is 1.81. The molecule has 80 valence electrons. The lowest BCUT2D eigenvalue weighted by atomic mass is 10.0. The normalized spacial score (nSPS) is 15.4. The van der Waals surface area contributed by atoms with Crippen molar-refractivity contribution in [3.05, 3.63) is 24.4 Å². The van der Waals surface area contributed by atoms with E-state index < -0.39 is 0 Å². The molecule has 0 spiro atoms. The molecule has 2 heterocycles. The summed E-state index contributed by atoms with van der Waals surface area (Å²) in [5, 5.41) is 7.99. The zero-order valence-electron chi connectivity index (χ0n) is 8.76. The van der Waals surface area contributed by atoms with E-state index in [1.54, 1.807) is 12.5 Å². The van der Waals surface area contributed by atoms with E-state index >= 15 is 0 Å². The molecular weight excluding hydrogens is 212 g/mol. The van der Waals surface area contributed by atoms with Crippen LogP contribution in [0.3, 0.4) is 0 Å². The first-order valence-electron chi connectivity index (χ1n) is 5.02. The molecule has 2 aromatic heterocycles. The number of hydrogen-bond acceptors (Lipinski definition) is 3. The van der Waals surface area contributed by atoms with Gasteiger partial charge in [0.1, 0.15) is 6.33 Å². The molecule has 0 aliphatic rings. The van der Waals surface area contributed by atoms with Gasteiger partial charge in [0.2, 0.25) is 0 Å². The fourth-order valence-corrected chi connectivity index (χ4v) is 1.74. The molecular formula is C10H13ClN4. The van der Waals surface area contributed by atoms with Crippen LogP contribution in [-0.4, -0.2) is 25.0 Å². The van der Waals surface area contributed by atoms with Crippen LogP contribution in [0.5, 0.6) is 0 Å². The maximum Gasteiger partial charge on any atom is 0.182 e. The van der Waals surface area contributed by atoms with Crippen molar-refractivity contribution in [2.24, 2.45) is 0 Å². The summed E-state index contributed by atoms with van der Waals surface area (Å²) in [6.07, 6.45) is 6.17. The maximum atomic E-state index is 6.22. The number of aromatic nitrogens is 4. The fraction of sp³-hybridized carbons (Fsp3) is 0.500. The zero-order chi connectivity index (χ0) is 10.8. The van der Waals surface area contributed by atoms with Crippen LogP contribution in [0.2, 0.25) is 0 Å². The van der Waals surface area contributed by atoms with E-state index in [1.165, 1.54) is 0 Å². The van der Waals surface area contributed by atoms with Gasteiger partial charge in [0.15, 0.2) is 5.65 Å². The third-order valence-corrected chi connectivity index (χ3v) is 3.29. The molecule has 4 nitrogen and oxygen atoms in total. The molecule has 2 atom stereocenters. The number of alkyl halides is 1. The Labute approximate surface area is 93.3 Å². The molecule has 15 heavy (non-hydrogen) atoms. The van der Waals surface area contributed by atoms with E-state index in [-0.39, 0.29) is 11.3 Å². The second kappa shape index (κ2) is 4.14. The Balaban J connectivity index is 2.46. The Kier molecular flexibility index (Phi) is 2.86. The van der Waals surface area contributed by atoms with Gasteiger partial charge in [-0.1, -0.05) is 13.8 Å². The fourth-order valence-electron chi connectivity index (χ4n) is 1.62. The molecule has 2 unspecified atom stereocenters. The van der Waals surface area contributed by atoms with E-state index in [4.69, 9.17) is 11.6 Å². The smallest absolute Gasteiger partial charge is 0.182 e. The van der Waals surface area contributed by atoms with E-state index in [1.807, 2.05) is 10.6 Å². The van der Waals surface area contributed by atoms with E-state index in [0.29, 0.717) is 0 Å². The summed E-state index contributed by atoms with van der Waals surface area (Å²) < 4.78 is 1.86. The van der Waals surface area contributed by atoms with Crippen LogP contribution in [0, 0.1) is 0 Å². The highest BCUT2D eigenvalue weighted by Gasteiger charge is 2.19. The molecule has 0 amide bonds. The van der Waals surface area contributed by atoms with Gasteiger partial charge in [-0.3, -0.25) is 9.38 Å². The van der Waals surface area contributed by atoms with Crippen molar-refractivity contribution in [1.29, 1.82) is 0 Å². The minimum atomic E-state index is 0.0837. The number of hydrogen-bond donors (Lipinski definition) is 0. The molecule has 0 bridgehead atoms. The van der Waals surface area contributed by atoms with Crippen molar-refractivity contribution in [1.82, 2.24) is 19.6 Å². The molecule has 0 aliphatic carbocycles. The highest BCUT2D eigenvalue weighted by Crippen LogP contribution is 2.25. The lowest BCUT2D eigenvalue weighted by molar-refractivity contribution is 0.657. The van der Waals surface area contributed by atoms with Crippen molar-refractivity contribution in [3.8, 4) is 0 Å². The summed E-state index contributed by atoms with van der Waals surface area (Å²) in [4.78, 5) is 4.34. The molecule has 2 aromatic rings. The molecule has 2 rings (SSSR count). The molecule has 0 aromatic carbocycles. The summed E-state index contributed by atoms with van der Waals surface area (Å²) in [5.41, 5.74) is 1.71. The van der Waals surface area contributed by atoms with Crippen LogP contribution in [0.1, 0.15) is 31.9 Å². The van der Waals surface area contributed by atoms with Crippen molar-refractivity contribution < 1.29 is 0 Å². The highest BCUT2D eigenvalue weighted by molar-refractivity contribution is 6.21. The molecule has 0 aliphatic heterocycles. The third-order valence-electron chi connectivity index (χ3n) is 2.61. The van der Waals surface area contributed by atoms with Crippen LogP contribution in [0.25, 0.3) is 5.65 Å². The van der Waals surface area contributed by atoms with Crippen molar-refractivity contribution in [2.75, 3.05) is 0 Å². The molecule has 0 N–H and O–H groups in total. The molecule has 0 saturated heterocycles. The van der Waals surface area contributed by atoms with Crippen LogP contribution in [-0.2, 0) is 0 Å². The first-order chi connectivity index (χ1) is 7.24. The van der Waals surface area contributed by atoms with Gasteiger partial charge in [-0.2, -0.15) is 0 Å². The summed E-state index contributed by atoms with van der Waals surface area (Å²) in [6, 6.07) is 0. The average molecular weight is 225 g/mol. The Morgan fingerprint density at radius 3 is 3.07 bits per heavy atom. The van der Waals surface area contributed by atoms with Gasteiger partial charge in [-0.15, -0.1) is 21.8 Å². The predicted octanol–water partition coefficient (Wildman–Crippen LogP) is 2.25. The minimum absolute atomic E-state index is 0.0837. The van der Waals surface area contributed by atoms with Gasteiger partial charge in [-0.05, 0) is 6.42 Å². The summed E-state index contributed by atoms with van der Waals surface area (Å²) in [6.45, 7) is 4.14. The first kappa shape index (κ1) is 10.4. The standard InChI is InChI=1S/C10H13ClN4/c1-3-8(11)7(2)9-10-14-13-6-15(10)5-4-12-9/h4-8H,3H2,1-2H3. The van der Waals surface area contributed by atoms with Gasteiger partial charge in [-0.25, -0.2) is 0 Å². The highest BCUT2D eigenvalue weighted by atomic mass is 35.5. The molecule has 0 radical (unpaired) electrons. The van der Waals surface area contributed by atoms with E-state index in [0.717, 1.165) is 17.8 Å². The SMILES string of the molecule is CCC(Cl)C(C)c1nccn2cnnc12. The van der Waals surface area contributed by atoms with Gasteiger partial charge in [0, 0.05) is 23.7 Å². The van der Waals surface area contributed by atoms with Gasteiger partial charge < -0.3 is 0 Å². The lowest BCUT2D eigenvalue weighted by Gasteiger charge is -2.15. The zero-order valence-corrected chi connectivity index (χ0v) is 9.52. The Morgan fingerprint density at radius 1 is 1.53 bits per heavy atom. The Bertz CT molecular complexity index is 453. The first-order valence-corrected chi connectivity index (χ1v) is 5.46. The monoisotopic (exact) mass is 224 g/mol. The maximum absolute atomic E-state index is 6.22. The van der Waals surface area contributed by atoms with Crippen molar-refractivity contribution >= 4 is 17.2 Å². The second-order valence-corrected chi connectivity index (χ2v) is 4.15. The van der Waals surface area contributed by atoms with E-state index in [2.05, 4.69) is 29.0 Å². The van der Waals surface area contributed by atoms with Crippen LogP contribution >= 0.6 is 11.6 Å². The number of rotatable bonds is 3. The second-order valence-electron chi connectivity index (χ2n) is 3.59. The summed E-state index contributed by atoms with van der Waals surface area (Å²) in [5.74, 6) is 0.185. The number of fused-ring (bicyclic) bond motifs is 1. The average Bonchev–Trinajstić information content (AvgIpc) is 2.74. The molecule has 0 fully saturated rings. The van der Waals surface area contributed by atoms with Gasteiger partial charge >= 0.3 is 0 Å². The van der Waals surface area contributed by atoms with E-state index in [9.17, 15) is 0 Å². The quantitative estimate of drug-likeness (QED) is 0.751. The predicted molar refractivity (Wildman–Crippen MR) is 59.1 cm³/mol. The van der Waals surface area contributed by atoms with Crippen molar-refractivity contribution in [2.45, 2.75) is 31.6 Å². The lowest BCUT2D eigenvalue weighted by Crippen LogP contribution is -2.11. The van der Waals surface area contributed by atoms with Crippen molar-refractivity contribution in [3.63, 3.8) is 0 Å². The van der Waals surface area contributed by atoms with Crippen LogP contribution in [0.15, 0.2) is 18.7 Å². The molecule has 5 heteroatoms. The van der Waals surface area contributed by atoms with Crippen LogP contribution < -0.4 is 0 Å².